The normalized spacial score (nSPS) is 12.2. The summed E-state index contributed by atoms with van der Waals surface area (Å²) >= 11 is 3.99. The minimum absolute atomic E-state index is 1.20. The summed E-state index contributed by atoms with van der Waals surface area (Å²) in [4.78, 5) is 0. The zero-order valence-electron chi connectivity index (χ0n) is 29.5. The topological polar surface area (TPSA) is 0 Å². The van der Waals surface area contributed by atoms with Crippen LogP contribution in [0.3, 0.4) is 0 Å². The molecular weight excluding hydrogens is 617 g/mol. The van der Waals surface area contributed by atoms with Crippen molar-refractivity contribution in [3.8, 4) is 0 Å². The lowest BCUT2D eigenvalue weighted by Gasteiger charge is -2.05. The average Bonchev–Trinajstić information content (AvgIpc) is 3.65. The number of hydrogen-bond acceptors (Lipinski definition) is 2. The smallest absolute Gasteiger partial charge is 0.0534 e. The summed E-state index contributed by atoms with van der Waals surface area (Å²) < 4.78 is 5.75. The van der Waals surface area contributed by atoms with Crippen molar-refractivity contribution in [2.45, 2.75) is 129 Å². The Kier molecular flexibility index (Phi) is 11.3. The Bertz CT molecular complexity index is 1970. The van der Waals surface area contributed by atoms with Crippen LogP contribution in [0.15, 0.2) is 72.8 Å². The Labute approximate surface area is 296 Å². The highest BCUT2D eigenvalue weighted by molar-refractivity contribution is 7.33. The SMILES string of the molecule is CCCCCCCCCCc1ccc2cc3c(cc2c1)sc1c3ccc2c3cc4ccc(CCCCCCCCCC)cc4cc3sc21. The van der Waals surface area contributed by atoms with Crippen molar-refractivity contribution in [1.82, 2.24) is 0 Å². The number of hydrogen-bond donors (Lipinski definition) is 0. The first-order chi connectivity index (χ1) is 23.7. The first kappa shape index (κ1) is 33.6. The van der Waals surface area contributed by atoms with Gasteiger partial charge in [-0.1, -0.05) is 152 Å². The van der Waals surface area contributed by atoms with Crippen molar-refractivity contribution >= 4 is 84.6 Å². The van der Waals surface area contributed by atoms with E-state index < -0.39 is 0 Å². The van der Waals surface area contributed by atoms with Crippen LogP contribution in [0.4, 0.5) is 0 Å². The Morgan fingerprint density at radius 1 is 0.354 bits per heavy atom. The third-order valence-corrected chi connectivity index (χ3v) is 13.3. The second kappa shape index (κ2) is 16.2. The van der Waals surface area contributed by atoms with Crippen LogP contribution in [0.5, 0.6) is 0 Å². The van der Waals surface area contributed by atoms with Crippen LogP contribution in [-0.4, -0.2) is 0 Å². The molecule has 0 saturated carbocycles. The van der Waals surface area contributed by atoms with Gasteiger partial charge in [0.1, 0.15) is 0 Å². The van der Waals surface area contributed by atoms with Gasteiger partial charge in [-0.2, -0.15) is 0 Å². The van der Waals surface area contributed by atoms with Gasteiger partial charge in [-0.05, 0) is 82.6 Å². The number of aryl methyl sites for hydroxylation is 2. The molecule has 0 bridgehead atoms. The summed E-state index contributed by atoms with van der Waals surface area (Å²) in [5, 5.41) is 11.2. The molecule has 0 amide bonds. The van der Waals surface area contributed by atoms with E-state index in [1.54, 1.807) is 0 Å². The van der Waals surface area contributed by atoms with Gasteiger partial charge < -0.3 is 0 Å². The third-order valence-electron chi connectivity index (χ3n) is 10.8. The van der Waals surface area contributed by atoms with E-state index in [9.17, 15) is 0 Å². The van der Waals surface area contributed by atoms with E-state index in [4.69, 9.17) is 0 Å². The number of rotatable bonds is 18. The van der Waals surface area contributed by atoms with E-state index in [0.29, 0.717) is 0 Å². The first-order valence-electron chi connectivity index (χ1n) is 19.4. The van der Waals surface area contributed by atoms with Gasteiger partial charge in [-0.25, -0.2) is 0 Å². The fourth-order valence-electron chi connectivity index (χ4n) is 7.89. The molecule has 7 rings (SSSR count). The van der Waals surface area contributed by atoms with Gasteiger partial charge in [0.05, 0.1) is 9.40 Å². The molecule has 0 atom stereocenters. The monoisotopic (exact) mass is 670 g/mol. The van der Waals surface area contributed by atoms with Gasteiger partial charge in [-0.15, -0.1) is 22.7 Å². The van der Waals surface area contributed by atoms with E-state index in [1.165, 1.54) is 189 Å². The zero-order chi connectivity index (χ0) is 32.7. The van der Waals surface area contributed by atoms with E-state index in [0.717, 1.165) is 0 Å². The Hall–Kier alpha value is -2.94. The summed E-state index contributed by atoms with van der Waals surface area (Å²) in [6.45, 7) is 4.60. The minimum Gasteiger partial charge on any atom is -0.134 e. The predicted octanol–water partition coefficient (Wildman–Crippen LogP) is 16.1. The highest BCUT2D eigenvalue weighted by Crippen LogP contribution is 2.46. The van der Waals surface area contributed by atoms with Gasteiger partial charge in [0.25, 0.3) is 0 Å². The minimum atomic E-state index is 1.20. The second-order valence-corrected chi connectivity index (χ2v) is 16.6. The molecule has 0 aliphatic heterocycles. The van der Waals surface area contributed by atoms with Crippen molar-refractivity contribution in [3.63, 3.8) is 0 Å². The van der Waals surface area contributed by atoms with Gasteiger partial charge in [0, 0.05) is 30.9 Å². The zero-order valence-corrected chi connectivity index (χ0v) is 31.1. The van der Waals surface area contributed by atoms with Crippen LogP contribution in [0.2, 0.25) is 0 Å². The summed E-state index contributed by atoms with van der Waals surface area (Å²) in [5.41, 5.74) is 2.99. The molecule has 0 nitrogen and oxygen atoms in total. The van der Waals surface area contributed by atoms with Crippen LogP contribution in [0, 0.1) is 0 Å². The van der Waals surface area contributed by atoms with E-state index in [1.807, 2.05) is 22.7 Å². The predicted molar refractivity (Wildman–Crippen MR) is 220 cm³/mol. The van der Waals surface area contributed by atoms with Crippen LogP contribution >= 0.6 is 22.7 Å². The molecule has 0 unspecified atom stereocenters. The van der Waals surface area contributed by atoms with E-state index in [2.05, 4.69) is 86.6 Å². The molecule has 2 aromatic heterocycles. The van der Waals surface area contributed by atoms with Gasteiger partial charge in [-0.3, -0.25) is 0 Å². The van der Waals surface area contributed by atoms with Crippen LogP contribution in [-0.2, 0) is 12.8 Å². The van der Waals surface area contributed by atoms with E-state index in [-0.39, 0.29) is 0 Å². The van der Waals surface area contributed by atoms with Crippen molar-refractivity contribution in [1.29, 1.82) is 0 Å². The molecule has 0 radical (unpaired) electrons. The van der Waals surface area contributed by atoms with Crippen LogP contribution < -0.4 is 0 Å². The fourth-order valence-corrected chi connectivity index (χ4v) is 10.5. The summed E-state index contributed by atoms with van der Waals surface area (Å²) in [7, 11) is 0. The lowest BCUT2D eigenvalue weighted by atomic mass is 9.99. The molecule has 48 heavy (non-hydrogen) atoms. The molecule has 5 aromatic carbocycles. The van der Waals surface area contributed by atoms with Crippen molar-refractivity contribution in [2.24, 2.45) is 0 Å². The molecule has 0 fully saturated rings. The number of thiophene rings is 2. The molecule has 250 valence electrons. The Morgan fingerprint density at radius 2 is 0.750 bits per heavy atom. The molecule has 0 saturated heterocycles. The standard InChI is InChI=1S/C46H54S2/c1-3-5-7-9-11-13-15-17-19-33-21-23-35-29-41-39-25-26-40-42-30-36-24-22-34(20-18-16-14-12-10-8-6-4-2)28-38(36)32-44(42)48-46(40)45(39)47-43(41)31-37(35)27-33/h21-32H,3-20H2,1-2H3. The molecule has 0 spiro atoms. The highest BCUT2D eigenvalue weighted by atomic mass is 32.1. The first-order valence-corrected chi connectivity index (χ1v) is 21.0. The number of unbranched alkanes of at least 4 members (excludes halogenated alkanes) is 14. The van der Waals surface area contributed by atoms with Gasteiger partial charge in [0.15, 0.2) is 0 Å². The number of fused-ring (bicyclic) bond motifs is 9. The largest absolute Gasteiger partial charge is 0.134 e. The maximum absolute atomic E-state index is 2.47. The van der Waals surface area contributed by atoms with Crippen molar-refractivity contribution in [2.75, 3.05) is 0 Å². The molecular formula is C46H54S2. The van der Waals surface area contributed by atoms with Crippen molar-refractivity contribution in [3.05, 3.63) is 83.9 Å². The molecule has 0 N–H and O–H groups in total. The van der Waals surface area contributed by atoms with Crippen molar-refractivity contribution < 1.29 is 0 Å². The Morgan fingerprint density at radius 3 is 1.17 bits per heavy atom. The maximum Gasteiger partial charge on any atom is 0.0534 e. The fraction of sp³-hybridized carbons (Fsp3) is 0.435. The molecule has 2 heteroatoms. The third kappa shape index (κ3) is 7.61. The molecule has 0 aliphatic carbocycles. The van der Waals surface area contributed by atoms with Gasteiger partial charge >= 0.3 is 0 Å². The summed E-state index contributed by atoms with van der Waals surface area (Å²) in [5.74, 6) is 0. The summed E-state index contributed by atoms with van der Waals surface area (Å²) in [6.07, 6.45) is 24.5. The molecule has 7 aromatic rings. The van der Waals surface area contributed by atoms with E-state index >= 15 is 0 Å². The van der Waals surface area contributed by atoms with Crippen LogP contribution in [0.1, 0.15) is 128 Å². The summed E-state index contributed by atoms with van der Waals surface area (Å²) in [6, 6.07) is 29.0. The molecule has 2 heterocycles. The van der Waals surface area contributed by atoms with Gasteiger partial charge in [0.2, 0.25) is 0 Å². The highest BCUT2D eigenvalue weighted by Gasteiger charge is 2.15. The Balaban J connectivity index is 1.08. The maximum atomic E-state index is 2.47. The lowest BCUT2D eigenvalue weighted by Crippen LogP contribution is -1.87. The quantitative estimate of drug-likeness (QED) is 0.0797. The molecule has 0 aliphatic rings. The lowest BCUT2D eigenvalue weighted by molar-refractivity contribution is 0.575. The van der Waals surface area contributed by atoms with Crippen LogP contribution in [0.25, 0.3) is 61.9 Å². The number of benzene rings is 5. The average molecular weight is 671 g/mol. The second-order valence-electron chi connectivity index (χ2n) is 14.5.